The minimum absolute atomic E-state index is 0.632. The molecule has 6 aromatic heterocycles. The van der Waals surface area contributed by atoms with Crippen molar-refractivity contribution in [1.82, 2.24) is 18.8 Å². The molecule has 286 valence electrons. The predicted molar refractivity (Wildman–Crippen MR) is 253 cm³/mol. The highest BCUT2D eigenvalue weighted by Crippen LogP contribution is 2.52. The van der Waals surface area contributed by atoms with E-state index in [1.807, 2.05) is 48.5 Å². The van der Waals surface area contributed by atoms with E-state index >= 15 is 0 Å². The second-order valence-electron chi connectivity index (χ2n) is 16.5. The standard InChI is InChI=1S/C56H30N4O2/c1-5-13-43-37(9-1)49-51-39-27-25-36(32-19-23-34(24-20-32)56-58-42-12-4-8-16-48(42)62-56)30-46(39)60-44-14-6-2-10-38(44)50(54(51)60)52-40-28-26-35(29-45(40)59(43)53(49)52)31-17-21-33(22-18-31)55-57-41-11-3-7-15-47(41)61-55/h1-30H. The van der Waals surface area contributed by atoms with Gasteiger partial charge in [0.1, 0.15) is 11.0 Å². The number of aromatic nitrogens is 4. The van der Waals surface area contributed by atoms with Crippen LogP contribution in [0, 0.1) is 0 Å². The smallest absolute Gasteiger partial charge is 0.227 e. The molecule has 0 aliphatic rings. The summed E-state index contributed by atoms with van der Waals surface area (Å²) < 4.78 is 17.2. The molecule has 0 radical (unpaired) electrons. The Kier molecular flexibility index (Phi) is 6.07. The van der Waals surface area contributed by atoms with E-state index in [-0.39, 0.29) is 0 Å². The molecular weight excluding hydrogens is 761 g/mol. The van der Waals surface area contributed by atoms with Crippen LogP contribution >= 0.6 is 0 Å². The molecule has 0 fully saturated rings. The molecule has 6 heterocycles. The molecule has 0 bridgehead atoms. The van der Waals surface area contributed by atoms with Gasteiger partial charge in [-0.3, -0.25) is 0 Å². The lowest BCUT2D eigenvalue weighted by molar-refractivity contribution is 0.619. The van der Waals surface area contributed by atoms with Gasteiger partial charge in [-0.2, -0.15) is 0 Å². The van der Waals surface area contributed by atoms with Gasteiger partial charge in [-0.1, -0.05) is 109 Å². The second kappa shape index (κ2) is 11.6. The van der Waals surface area contributed by atoms with Gasteiger partial charge in [0.15, 0.2) is 11.2 Å². The number of hydrogen-bond acceptors (Lipinski definition) is 4. The van der Waals surface area contributed by atoms with E-state index in [0.29, 0.717) is 11.8 Å². The highest BCUT2D eigenvalue weighted by Gasteiger charge is 2.28. The van der Waals surface area contributed by atoms with Crippen molar-refractivity contribution in [3.8, 4) is 45.2 Å². The van der Waals surface area contributed by atoms with Gasteiger partial charge in [-0.05, 0) is 95.1 Å². The topological polar surface area (TPSA) is 60.9 Å². The lowest BCUT2D eigenvalue weighted by Crippen LogP contribution is -1.83. The van der Waals surface area contributed by atoms with E-state index in [1.165, 1.54) is 76.2 Å². The number of fused-ring (bicyclic) bond motifs is 16. The summed E-state index contributed by atoms with van der Waals surface area (Å²) in [6.45, 7) is 0. The van der Waals surface area contributed by atoms with Crippen molar-refractivity contribution in [2.75, 3.05) is 0 Å². The molecule has 15 aromatic rings. The first-order valence-electron chi connectivity index (χ1n) is 21.0. The van der Waals surface area contributed by atoms with Crippen molar-refractivity contribution < 1.29 is 8.83 Å². The van der Waals surface area contributed by atoms with Crippen LogP contribution < -0.4 is 0 Å². The average Bonchev–Trinajstić information content (AvgIpc) is 4.19. The van der Waals surface area contributed by atoms with Crippen molar-refractivity contribution >= 4 is 98.4 Å². The maximum Gasteiger partial charge on any atom is 0.227 e. The normalized spacial score (nSPS) is 12.5. The lowest BCUT2D eigenvalue weighted by Gasteiger charge is -2.06. The van der Waals surface area contributed by atoms with Crippen LogP contribution in [0.4, 0.5) is 0 Å². The highest BCUT2D eigenvalue weighted by molar-refractivity contribution is 6.45. The van der Waals surface area contributed by atoms with Crippen molar-refractivity contribution in [2.45, 2.75) is 0 Å². The second-order valence-corrected chi connectivity index (χ2v) is 16.5. The Morgan fingerprint density at radius 2 is 0.661 bits per heavy atom. The maximum absolute atomic E-state index is 6.10. The van der Waals surface area contributed by atoms with Crippen LogP contribution in [0.3, 0.4) is 0 Å². The first-order valence-corrected chi connectivity index (χ1v) is 21.0. The number of benzene rings is 9. The van der Waals surface area contributed by atoms with Gasteiger partial charge in [0.2, 0.25) is 11.8 Å². The van der Waals surface area contributed by atoms with Crippen LogP contribution in [-0.2, 0) is 0 Å². The van der Waals surface area contributed by atoms with Crippen LogP contribution in [0.15, 0.2) is 191 Å². The van der Waals surface area contributed by atoms with Crippen molar-refractivity contribution in [3.63, 3.8) is 0 Å². The van der Waals surface area contributed by atoms with E-state index in [1.54, 1.807) is 0 Å². The van der Waals surface area contributed by atoms with Gasteiger partial charge in [0.05, 0.1) is 33.1 Å². The Morgan fingerprint density at radius 1 is 0.306 bits per heavy atom. The zero-order valence-electron chi connectivity index (χ0n) is 32.9. The predicted octanol–water partition coefficient (Wildman–Crippen LogP) is 14.9. The molecule has 0 spiro atoms. The van der Waals surface area contributed by atoms with E-state index in [0.717, 1.165) is 55.6 Å². The summed E-state index contributed by atoms with van der Waals surface area (Å²) in [7, 11) is 0. The van der Waals surface area contributed by atoms with Crippen LogP contribution in [0.25, 0.3) is 144 Å². The van der Waals surface area contributed by atoms with Crippen LogP contribution in [-0.4, -0.2) is 18.8 Å². The summed E-state index contributed by atoms with van der Waals surface area (Å²) >= 11 is 0. The number of para-hydroxylation sites is 6. The summed E-state index contributed by atoms with van der Waals surface area (Å²) in [6, 6.07) is 64.8. The molecular formula is C56H30N4O2. The molecule has 0 saturated carbocycles. The minimum Gasteiger partial charge on any atom is -0.436 e. The van der Waals surface area contributed by atoms with Crippen LogP contribution in [0.1, 0.15) is 0 Å². The van der Waals surface area contributed by atoms with Crippen molar-refractivity contribution in [3.05, 3.63) is 182 Å². The molecule has 0 saturated heterocycles. The van der Waals surface area contributed by atoms with Gasteiger partial charge in [-0.15, -0.1) is 0 Å². The summed E-state index contributed by atoms with van der Waals surface area (Å²) in [5, 5.41) is 10.3. The van der Waals surface area contributed by atoms with Crippen molar-refractivity contribution in [2.24, 2.45) is 0 Å². The van der Waals surface area contributed by atoms with Gasteiger partial charge in [0.25, 0.3) is 0 Å². The molecule has 0 atom stereocenters. The molecule has 0 amide bonds. The molecule has 0 aliphatic carbocycles. The van der Waals surface area contributed by atoms with Gasteiger partial charge < -0.3 is 17.6 Å². The Bertz CT molecular complexity index is 3970. The summed E-state index contributed by atoms with van der Waals surface area (Å²) in [5.74, 6) is 1.26. The lowest BCUT2D eigenvalue weighted by atomic mass is 9.96. The van der Waals surface area contributed by atoms with E-state index in [4.69, 9.17) is 18.8 Å². The zero-order chi connectivity index (χ0) is 40.2. The molecule has 6 nitrogen and oxygen atoms in total. The summed E-state index contributed by atoms with van der Waals surface area (Å²) in [6.07, 6.45) is 0. The Labute approximate surface area is 351 Å². The quantitative estimate of drug-likeness (QED) is 0.178. The fraction of sp³-hybridized carbons (Fsp3) is 0. The van der Waals surface area contributed by atoms with Gasteiger partial charge in [0, 0.05) is 54.2 Å². The fourth-order valence-electron chi connectivity index (χ4n) is 10.5. The van der Waals surface area contributed by atoms with Crippen LogP contribution in [0.2, 0.25) is 0 Å². The van der Waals surface area contributed by atoms with E-state index < -0.39 is 0 Å². The third kappa shape index (κ3) is 4.17. The van der Waals surface area contributed by atoms with Gasteiger partial charge >= 0.3 is 0 Å². The molecule has 0 aliphatic heterocycles. The molecule has 9 aromatic carbocycles. The Balaban J connectivity index is 0.949. The first-order chi connectivity index (χ1) is 30.7. The maximum atomic E-state index is 6.10. The Hall–Kier alpha value is -8.48. The highest BCUT2D eigenvalue weighted by atomic mass is 16.4. The third-order valence-corrected chi connectivity index (χ3v) is 13.3. The van der Waals surface area contributed by atoms with E-state index in [9.17, 15) is 0 Å². The molecule has 0 unspecified atom stereocenters. The largest absolute Gasteiger partial charge is 0.436 e. The third-order valence-electron chi connectivity index (χ3n) is 13.3. The summed E-state index contributed by atoms with van der Waals surface area (Å²) in [4.78, 5) is 9.47. The Morgan fingerprint density at radius 3 is 1.10 bits per heavy atom. The van der Waals surface area contributed by atoms with Crippen molar-refractivity contribution in [1.29, 1.82) is 0 Å². The number of rotatable bonds is 4. The number of hydrogen-bond donors (Lipinski definition) is 0. The molecule has 6 heteroatoms. The van der Waals surface area contributed by atoms with Gasteiger partial charge in [-0.25, -0.2) is 9.97 Å². The van der Waals surface area contributed by atoms with Crippen LogP contribution in [0.5, 0.6) is 0 Å². The molecule has 0 N–H and O–H groups in total. The first kappa shape index (κ1) is 32.4. The SMILES string of the molecule is c1ccc2oc(-c3ccc(-c4ccc5c6c7c8ccccc8n8c9cc(-c%10ccc(-c%11nc%12ccccc%12o%11)cc%10)ccc9c(c9c%10ccccc%10n(c5c4)c96)c78)cc3)nc2c1. The number of nitrogens with zero attached hydrogens (tertiary/aromatic N) is 4. The monoisotopic (exact) mass is 790 g/mol. The number of oxazole rings is 2. The summed E-state index contributed by atoms with van der Waals surface area (Å²) in [5.41, 5.74) is 17.3. The molecule has 62 heavy (non-hydrogen) atoms. The zero-order valence-corrected chi connectivity index (χ0v) is 32.9. The van der Waals surface area contributed by atoms with E-state index in [2.05, 4.69) is 142 Å². The minimum atomic E-state index is 0.632. The molecule has 15 rings (SSSR count). The average molecular weight is 791 g/mol. The fourth-order valence-corrected chi connectivity index (χ4v) is 10.5.